The highest BCUT2D eigenvalue weighted by molar-refractivity contribution is 7.90. The number of likely N-dealkylation sites (tertiary alicyclic amines) is 1. The van der Waals surface area contributed by atoms with Crippen LogP contribution in [0.3, 0.4) is 0 Å². The molecule has 1 aliphatic heterocycles. The van der Waals surface area contributed by atoms with Gasteiger partial charge in [-0.15, -0.1) is 0 Å². The Morgan fingerprint density at radius 2 is 1.55 bits per heavy atom. The summed E-state index contributed by atoms with van der Waals surface area (Å²) in [5.74, 6) is -0.349. The van der Waals surface area contributed by atoms with E-state index < -0.39 is 9.84 Å². The number of fused-ring (bicyclic) bond motifs is 1. The smallest absolute Gasteiger partial charge is 0.272 e. The maximum Gasteiger partial charge on any atom is 0.272 e. The van der Waals surface area contributed by atoms with Crippen LogP contribution in [0.5, 0.6) is 0 Å². The van der Waals surface area contributed by atoms with Crippen LogP contribution >= 0.6 is 0 Å². The second-order valence-corrected chi connectivity index (χ2v) is 9.41. The SMILES string of the molecule is O=C(c1cccc(CS(=O)(=O)c2cccc3ccccc23)n1)N1CCCCCC1. The van der Waals surface area contributed by atoms with Crippen molar-refractivity contribution in [1.82, 2.24) is 9.88 Å². The average molecular weight is 409 g/mol. The molecule has 1 fully saturated rings. The number of hydrogen-bond donors (Lipinski definition) is 0. The van der Waals surface area contributed by atoms with Gasteiger partial charge in [0.1, 0.15) is 5.69 Å². The van der Waals surface area contributed by atoms with Crippen molar-refractivity contribution in [1.29, 1.82) is 0 Å². The quantitative estimate of drug-likeness (QED) is 0.648. The fourth-order valence-electron chi connectivity index (χ4n) is 3.85. The Balaban J connectivity index is 1.61. The van der Waals surface area contributed by atoms with Crippen molar-refractivity contribution in [2.24, 2.45) is 0 Å². The Hall–Kier alpha value is -2.73. The number of pyridine rings is 1. The molecule has 150 valence electrons. The van der Waals surface area contributed by atoms with Gasteiger partial charge in [-0.2, -0.15) is 0 Å². The molecule has 1 amide bonds. The molecule has 0 aliphatic carbocycles. The highest BCUT2D eigenvalue weighted by Gasteiger charge is 2.22. The molecule has 0 unspecified atom stereocenters. The van der Waals surface area contributed by atoms with Gasteiger partial charge in [-0.25, -0.2) is 13.4 Å². The number of sulfone groups is 1. The summed E-state index contributed by atoms with van der Waals surface area (Å²) in [5, 5.41) is 1.58. The van der Waals surface area contributed by atoms with Crippen LogP contribution in [0.25, 0.3) is 10.8 Å². The molecule has 1 saturated heterocycles. The third-order valence-corrected chi connectivity index (χ3v) is 7.04. The summed E-state index contributed by atoms with van der Waals surface area (Å²) in [6.07, 6.45) is 4.28. The first-order chi connectivity index (χ1) is 14.0. The average Bonchev–Trinajstić information content (AvgIpc) is 3.02. The van der Waals surface area contributed by atoms with Crippen molar-refractivity contribution in [3.05, 3.63) is 72.1 Å². The number of aromatic nitrogens is 1. The minimum atomic E-state index is -3.60. The first kappa shape index (κ1) is 19.6. The van der Waals surface area contributed by atoms with Crippen LogP contribution in [0.4, 0.5) is 0 Å². The summed E-state index contributed by atoms with van der Waals surface area (Å²) in [4.78, 5) is 19.4. The van der Waals surface area contributed by atoms with Gasteiger partial charge in [0.2, 0.25) is 0 Å². The van der Waals surface area contributed by atoms with E-state index in [4.69, 9.17) is 0 Å². The molecule has 4 rings (SSSR count). The molecule has 2 aromatic carbocycles. The maximum absolute atomic E-state index is 13.1. The molecule has 29 heavy (non-hydrogen) atoms. The fraction of sp³-hybridized carbons (Fsp3) is 0.304. The monoisotopic (exact) mass is 408 g/mol. The third-order valence-electron chi connectivity index (χ3n) is 5.34. The van der Waals surface area contributed by atoms with E-state index in [1.54, 1.807) is 30.3 Å². The summed E-state index contributed by atoms with van der Waals surface area (Å²) in [5.41, 5.74) is 0.705. The lowest BCUT2D eigenvalue weighted by atomic mass is 10.1. The van der Waals surface area contributed by atoms with Crippen LogP contribution in [-0.4, -0.2) is 37.3 Å². The zero-order valence-corrected chi connectivity index (χ0v) is 17.1. The van der Waals surface area contributed by atoms with Crippen molar-refractivity contribution in [2.75, 3.05) is 13.1 Å². The molecule has 2 heterocycles. The van der Waals surface area contributed by atoms with Crippen LogP contribution < -0.4 is 0 Å². The van der Waals surface area contributed by atoms with Gasteiger partial charge in [-0.1, -0.05) is 55.3 Å². The van der Waals surface area contributed by atoms with E-state index in [-0.39, 0.29) is 11.7 Å². The summed E-state index contributed by atoms with van der Waals surface area (Å²) >= 11 is 0. The lowest BCUT2D eigenvalue weighted by molar-refractivity contribution is 0.0755. The van der Waals surface area contributed by atoms with Crippen molar-refractivity contribution >= 4 is 26.5 Å². The summed E-state index contributed by atoms with van der Waals surface area (Å²) in [6, 6.07) is 17.8. The zero-order chi connectivity index (χ0) is 20.3. The highest BCUT2D eigenvalue weighted by Crippen LogP contribution is 2.25. The second kappa shape index (κ2) is 8.33. The van der Waals surface area contributed by atoms with Gasteiger partial charge >= 0.3 is 0 Å². The number of rotatable bonds is 4. The first-order valence-electron chi connectivity index (χ1n) is 10.0. The predicted molar refractivity (Wildman–Crippen MR) is 113 cm³/mol. The molecule has 0 radical (unpaired) electrons. The van der Waals surface area contributed by atoms with E-state index in [1.807, 2.05) is 35.2 Å². The van der Waals surface area contributed by atoms with E-state index in [1.165, 1.54) is 0 Å². The van der Waals surface area contributed by atoms with E-state index in [0.717, 1.165) is 44.2 Å². The second-order valence-electron chi connectivity index (χ2n) is 7.46. The number of amides is 1. The third kappa shape index (κ3) is 4.32. The van der Waals surface area contributed by atoms with Crippen LogP contribution in [0, 0.1) is 0 Å². The Kier molecular flexibility index (Phi) is 5.62. The number of carbonyl (C=O) groups excluding carboxylic acids is 1. The van der Waals surface area contributed by atoms with Gasteiger partial charge in [0.25, 0.3) is 5.91 Å². The molecule has 1 aromatic heterocycles. The summed E-state index contributed by atoms with van der Waals surface area (Å²) < 4.78 is 26.2. The molecule has 1 aliphatic rings. The first-order valence-corrected chi connectivity index (χ1v) is 11.7. The lowest BCUT2D eigenvalue weighted by Gasteiger charge is -2.20. The Morgan fingerprint density at radius 1 is 0.862 bits per heavy atom. The number of nitrogens with zero attached hydrogens (tertiary/aromatic N) is 2. The Morgan fingerprint density at radius 3 is 2.34 bits per heavy atom. The van der Waals surface area contributed by atoms with Crippen LogP contribution in [0.2, 0.25) is 0 Å². The summed E-state index contributed by atoms with van der Waals surface area (Å²) in [6.45, 7) is 1.47. The van der Waals surface area contributed by atoms with Gasteiger partial charge in [0, 0.05) is 18.5 Å². The van der Waals surface area contributed by atoms with Gasteiger partial charge < -0.3 is 4.90 Å². The zero-order valence-electron chi connectivity index (χ0n) is 16.3. The number of carbonyl (C=O) groups is 1. The molecule has 0 N–H and O–H groups in total. The largest absolute Gasteiger partial charge is 0.337 e. The van der Waals surface area contributed by atoms with Crippen LogP contribution in [0.1, 0.15) is 41.9 Å². The topological polar surface area (TPSA) is 67.3 Å². The van der Waals surface area contributed by atoms with Crippen LogP contribution in [0.15, 0.2) is 65.6 Å². The van der Waals surface area contributed by atoms with Crippen LogP contribution in [-0.2, 0) is 15.6 Å². The highest BCUT2D eigenvalue weighted by atomic mass is 32.2. The summed E-state index contributed by atoms with van der Waals surface area (Å²) in [7, 11) is -3.60. The van der Waals surface area contributed by atoms with Crippen molar-refractivity contribution in [3.63, 3.8) is 0 Å². The lowest BCUT2D eigenvalue weighted by Crippen LogP contribution is -2.32. The molecular weight excluding hydrogens is 384 g/mol. The van der Waals surface area contributed by atoms with E-state index in [0.29, 0.717) is 21.7 Å². The standard InChI is InChI=1S/C23H24N2O3S/c26-23(25-15-5-1-2-6-16-25)21-13-8-11-19(24-21)17-29(27,28)22-14-7-10-18-9-3-4-12-20(18)22/h3-4,7-14H,1-2,5-6,15-17H2. The molecule has 6 heteroatoms. The van der Waals surface area contributed by atoms with Gasteiger partial charge in [-0.05, 0) is 36.4 Å². The molecule has 0 saturated carbocycles. The Bertz CT molecular complexity index is 1130. The molecule has 0 atom stereocenters. The van der Waals surface area contributed by atoms with E-state index in [2.05, 4.69) is 4.98 Å². The molecule has 0 bridgehead atoms. The minimum absolute atomic E-state index is 0.115. The molecule has 0 spiro atoms. The van der Waals surface area contributed by atoms with Gasteiger partial charge in [0.15, 0.2) is 9.84 Å². The number of hydrogen-bond acceptors (Lipinski definition) is 4. The van der Waals surface area contributed by atoms with E-state index in [9.17, 15) is 13.2 Å². The van der Waals surface area contributed by atoms with Gasteiger partial charge in [-0.3, -0.25) is 4.79 Å². The number of benzene rings is 2. The van der Waals surface area contributed by atoms with E-state index >= 15 is 0 Å². The van der Waals surface area contributed by atoms with Crippen molar-refractivity contribution < 1.29 is 13.2 Å². The predicted octanol–water partition coefficient (Wildman–Crippen LogP) is 4.22. The molecular formula is C23H24N2O3S. The fourth-order valence-corrected chi connectivity index (χ4v) is 5.37. The van der Waals surface area contributed by atoms with Crippen molar-refractivity contribution in [2.45, 2.75) is 36.3 Å². The minimum Gasteiger partial charge on any atom is -0.337 e. The van der Waals surface area contributed by atoms with Crippen molar-refractivity contribution in [3.8, 4) is 0 Å². The molecule has 5 nitrogen and oxygen atoms in total. The normalized spacial score (nSPS) is 15.2. The maximum atomic E-state index is 13.1. The van der Waals surface area contributed by atoms with Gasteiger partial charge in [0.05, 0.1) is 16.3 Å². The molecule has 3 aromatic rings. The Labute approximate surface area is 171 Å².